The van der Waals surface area contributed by atoms with Crippen LogP contribution >= 0.6 is 0 Å². The van der Waals surface area contributed by atoms with E-state index in [0.29, 0.717) is 22.8 Å². The van der Waals surface area contributed by atoms with E-state index in [2.05, 4.69) is 20.7 Å². The summed E-state index contributed by atoms with van der Waals surface area (Å²) in [5, 5.41) is 15.7. The minimum Gasteiger partial charge on any atom is -0.497 e. The van der Waals surface area contributed by atoms with E-state index in [4.69, 9.17) is 4.74 Å². The van der Waals surface area contributed by atoms with Crippen molar-refractivity contribution in [2.24, 2.45) is 0 Å². The fourth-order valence-electron chi connectivity index (χ4n) is 4.92. The SMILES string of the molecule is COc1ccc([C@@H](C(=O)NC2CCCC2)N(C(=O)Cn2nnc(-c3ccc(C)cc3)n2)c2ccc(F)cc2)cc1. The fraction of sp³-hybridized carbons (Fsp3) is 0.300. The first-order valence-corrected chi connectivity index (χ1v) is 13.3. The molecule has 5 rings (SSSR count). The van der Waals surface area contributed by atoms with E-state index < -0.39 is 17.8 Å². The van der Waals surface area contributed by atoms with E-state index >= 15 is 0 Å². The normalized spacial score (nSPS) is 14.1. The number of ether oxygens (including phenoxy) is 1. The first kappa shape index (κ1) is 27.0. The lowest BCUT2D eigenvalue weighted by molar-refractivity contribution is -0.127. The highest BCUT2D eigenvalue weighted by atomic mass is 19.1. The molecule has 1 saturated carbocycles. The largest absolute Gasteiger partial charge is 0.497 e. The van der Waals surface area contributed by atoms with Crippen LogP contribution in [0.4, 0.5) is 10.1 Å². The maximum Gasteiger partial charge on any atom is 0.251 e. The van der Waals surface area contributed by atoms with E-state index in [-0.39, 0.29) is 18.5 Å². The minimum absolute atomic E-state index is 0.0347. The molecular formula is C30H31FN6O3. The number of methoxy groups -OCH3 is 1. The Labute approximate surface area is 232 Å². The lowest BCUT2D eigenvalue weighted by atomic mass is 10.0. The Morgan fingerprint density at radius 1 is 1.02 bits per heavy atom. The Morgan fingerprint density at radius 3 is 2.35 bits per heavy atom. The second-order valence-corrected chi connectivity index (χ2v) is 9.92. The van der Waals surface area contributed by atoms with E-state index in [1.165, 1.54) is 34.0 Å². The molecule has 0 spiro atoms. The standard InChI is InChI=1S/C30H31FN6O3/c1-20-7-9-22(10-8-20)29-33-35-36(34-29)19-27(38)37(25-15-13-23(31)14-16-25)28(21-11-17-26(40-2)18-12-21)30(39)32-24-5-3-4-6-24/h7-18,24,28H,3-6,19H2,1-2H3,(H,32,39)/t28-/m0/s1. The molecule has 1 heterocycles. The molecule has 10 heteroatoms. The number of carbonyl (C=O) groups excluding carboxylic acids is 2. The lowest BCUT2D eigenvalue weighted by Gasteiger charge is -2.32. The Kier molecular flexibility index (Phi) is 8.14. The number of halogens is 1. The highest BCUT2D eigenvalue weighted by molar-refractivity contribution is 6.01. The van der Waals surface area contributed by atoms with Crippen molar-refractivity contribution < 1.29 is 18.7 Å². The van der Waals surface area contributed by atoms with Gasteiger partial charge in [-0.2, -0.15) is 4.80 Å². The smallest absolute Gasteiger partial charge is 0.251 e. The molecule has 4 aromatic rings. The number of anilines is 1. The monoisotopic (exact) mass is 542 g/mol. The number of nitrogens with zero attached hydrogens (tertiary/aromatic N) is 5. The van der Waals surface area contributed by atoms with Crippen LogP contribution in [0.15, 0.2) is 72.8 Å². The summed E-state index contributed by atoms with van der Waals surface area (Å²) in [5.41, 5.74) is 2.82. The molecule has 1 fully saturated rings. The molecule has 1 N–H and O–H groups in total. The number of aromatic nitrogens is 4. The van der Waals surface area contributed by atoms with E-state index in [9.17, 15) is 14.0 Å². The van der Waals surface area contributed by atoms with Crippen LogP contribution in [0.1, 0.15) is 42.9 Å². The zero-order chi connectivity index (χ0) is 28.1. The van der Waals surface area contributed by atoms with Gasteiger partial charge in [0.15, 0.2) is 0 Å². The molecule has 0 unspecified atom stereocenters. The van der Waals surface area contributed by atoms with Crippen molar-refractivity contribution in [1.29, 1.82) is 0 Å². The molecule has 1 aliphatic carbocycles. The lowest BCUT2D eigenvalue weighted by Crippen LogP contribution is -2.47. The second kappa shape index (κ2) is 12.1. The number of benzene rings is 3. The maximum absolute atomic E-state index is 14.0. The minimum atomic E-state index is -1.02. The van der Waals surface area contributed by atoms with Gasteiger partial charge in [0.2, 0.25) is 11.7 Å². The zero-order valence-corrected chi connectivity index (χ0v) is 22.5. The van der Waals surface area contributed by atoms with Crippen molar-refractivity contribution in [2.45, 2.75) is 51.2 Å². The first-order chi connectivity index (χ1) is 19.4. The molecule has 1 aliphatic rings. The average Bonchev–Trinajstić information content (AvgIpc) is 3.65. The number of nitrogens with one attached hydrogen (secondary N) is 1. The van der Waals surface area contributed by atoms with E-state index in [1.807, 2.05) is 31.2 Å². The summed E-state index contributed by atoms with van der Waals surface area (Å²) >= 11 is 0. The first-order valence-electron chi connectivity index (χ1n) is 13.3. The van der Waals surface area contributed by atoms with Gasteiger partial charge in [0.1, 0.15) is 24.2 Å². The van der Waals surface area contributed by atoms with E-state index in [1.54, 1.807) is 31.4 Å². The number of tetrazole rings is 1. The summed E-state index contributed by atoms with van der Waals surface area (Å²) < 4.78 is 19.2. The van der Waals surface area contributed by atoms with Crippen LogP contribution in [0, 0.1) is 12.7 Å². The van der Waals surface area contributed by atoms with Crippen molar-refractivity contribution in [1.82, 2.24) is 25.5 Å². The summed E-state index contributed by atoms with van der Waals surface area (Å²) in [4.78, 5) is 30.4. The summed E-state index contributed by atoms with van der Waals surface area (Å²) in [6.45, 7) is 1.71. The van der Waals surface area contributed by atoms with Crippen LogP contribution in [-0.4, -0.2) is 45.2 Å². The molecule has 0 saturated heterocycles. The number of hydrogen-bond acceptors (Lipinski definition) is 6. The van der Waals surface area contributed by atoms with Crippen molar-refractivity contribution in [2.75, 3.05) is 12.0 Å². The van der Waals surface area contributed by atoms with Crippen LogP contribution in [0.5, 0.6) is 5.75 Å². The number of amides is 2. The Balaban J connectivity index is 1.50. The molecule has 0 bridgehead atoms. The van der Waals surface area contributed by atoms with Gasteiger partial charge in [0, 0.05) is 17.3 Å². The molecule has 0 radical (unpaired) electrons. The molecule has 2 amide bonds. The number of rotatable bonds is 9. The van der Waals surface area contributed by atoms with Gasteiger partial charge >= 0.3 is 0 Å². The van der Waals surface area contributed by atoms with Gasteiger partial charge in [0.25, 0.3) is 5.91 Å². The van der Waals surface area contributed by atoms with Gasteiger partial charge < -0.3 is 10.1 Å². The molecule has 1 aromatic heterocycles. The highest BCUT2D eigenvalue weighted by Gasteiger charge is 2.35. The molecule has 0 aliphatic heterocycles. The quantitative estimate of drug-likeness (QED) is 0.331. The van der Waals surface area contributed by atoms with Crippen LogP contribution in [0.3, 0.4) is 0 Å². The van der Waals surface area contributed by atoms with Gasteiger partial charge in [-0.1, -0.05) is 54.8 Å². The Morgan fingerprint density at radius 2 is 1.70 bits per heavy atom. The van der Waals surface area contributed by atoms with Crippen LogP contribution < -0.4 is 15.0 Å². The molecular weight excluding hydrogens is 511 g/mol. The number of hydrogen-bond donors (Lipinski definition) is 1. The average molecular weight is 543 g/mol. The van der Waals surface area contributed by atoms with Crippen LogP contribution in [0.25, 0.3) is 11.4 Å². The molecule has 206 valence electrons. The second-order valence-electron chi connectivity index (χ2n) is 9.92. The summed E-state index contributed by atoms with van der Waals surface area (Å²) in [5.74, 6) is -0.225. The topological polar surface area (TPSA) is 102 Å². The third-order valence-corrected chi connectivity index (χ3v) is 7.05. The maximum atomic E-state index is 14.0. The van der Waals surface area contributed by atoms with Gasteiger partial charge in [-0.05, 0) is 66.9 Å². The predicted molar refractivity (Wildman–Crippen MR) is 148 cm³/mol. The Hall–Kier alpha value is -4.60. The summed E-state index contributed by atoms with van der Waals surface area (Å²) in [6.07, 6.45) is 3.85. The van der Waals surface area contributed by atoms with Gasteiger partial charge in [-0.15, -0.1) is 10.2 Å². The zero-order valence-electron chi connectivity index (χ0n) is 22.5. The van der Waals surface area contributed by atoms with Gasteiger partial charge in [-0.25, -0.2) is 4.39 Å². The molecule has 3 aromatic carbocycles. The van der Waals surface area contributed by atoms with Crippen LogP contribution in [0.2, 0.25) is 0 Å². The molecule has 9 nitrogen and oxygen atoms in total. The summed E-state index contributed by atoms with van der Waals surface area (Å²) in [6, 6.07) is 19.2. The molecule has 40 heavy (non-hydrogen) atoms. The van der Waals surface area contributed by atoms with E-state index in [0.717, 1.165) is 36.8 Å². The van der Waals surface area contributed by atoms with Gasteiger partial charge in [-0.3, -0.25) is 14.5 Å². The highest BCUT2D eigenvalue weighted by Crippen LogP contribution is 2.31. The van der Waals surface area contributed by atoms with Crippen molar-refractivity contribution >= 4 is 17.5 Å². The Bertz CT molecular complexity index is 1450. The number of carbonyl (C=O) groups is 2. The fourth-order valence-corrected chi connectivity index (χ4v) is 4.92. The summed E-state index contributed by atoms with van der Waals surface area (Å²) in [7, 11) is 1.56. The number of aryl methyl sites for hydroxylation is 1. The van der Waals surface area contributed by atoms with Crippen molar-refractivity contribution in [3.8, 4) is 17.1 Å². The van der Waals surface area contributed by atoms with Crippen molar-refractivity contribution in [3.05, 3.63) is 89.7 Å². The van der Waals surface area contributed by atoms with Crippen LogP contribution in [-0.2, 0) is 16.1 Å². The third kappa shape index (κ3) is 6.17. The van der Waals surface area contributed by atoms with Crippen molar-refractivity contribution in [3.63, 3.8) is 0 Å². The predicted octanol–water partition coefficient (Wildman–Crippen LogP) is 4.63. The third-order valence-electron chi connectivity index (χ3n) is 7.05. The van der Waals surface area contributed by atoms with Gasteiger partial charge in [0.05, 0.1) is 7.11 Å². The molecule has 1 atom stereocenters.